The zero-order chi connectivity index (χ0) is 18.1. The number of aryl methyl sites for hydroxylation is 1. The van der Waals surface area contributed by atoms with Crippen LogP contribution in [-0.2, 0) is 13.6 Å². The predicted octanol–water partition coefficient (Wildman–Crippen LogP) is 3.66. The number of aromatic nitrogens is 4. The Labute approximate surface area is 158 Å². The van der Waals surface area contributed by atoms with Crippen LogP contribution in [0.4, 0.5) is 0 Å². The molecule has 4 rings (SSSR count). The van der Waals surface area contributed by atoms with Gasteiger partial charge in [-0.15, -0.1) is 0 Å². The van der Waals surface area contributed by atoms with E-state index < -0.39 is 0 Å². The third-order valence-corrected chi connectivity index (χ3v) is 4.83. The second kappa shape index (κ2) is 6.76. The Morgan fingerprint density at radius 3 is 2.77 bits per heavy atom. The lowest BCUT2D eigenvalue weighted by atomic mass is 10.1. The van der Waals surface area contributed by atoms with E-state index in [1.54, 1.807) is 10.9 Å². The molecule has 0 unspecified atom stereocenters. The molecule has 6 nitrogen and oxygen atoms in total. The van der Waals surface area contributed by atoms with Crippen molar-refractivity contribution in [1.29, 1.82) is 0 Å². The van der Waals surface area contributed by atoms with Crippen molar-refractivity contribution in [1.82, 2.24) is 25.1 Å². The molecule has 0 bridgehead atoms. The quantitative estimate of drug-likeness (QED) is 0.539. The van der Waals surface area contributed by atoms with Crippen molar-refractivity contribution in [3.63, 3.8) is 0 Å². The van der Waals surface area contributed by atoms with E-state index in [1.165, 1.54) is 0 Å². The van der Waals surface area contributed by atoms with Crippen molar-refractivity contribution in [3.8, 4) is 11.3 Å². The summed E-state index contributed by atoms with van der Waals surface area (Å²) in [5.74, 6) is -0.137. The number of nitrogens with zero attached hydrogens (tertiary/aromatic N) is 3. The van der Waals surface area contributed by atoms with Gasteiger partial charge >= 0.3 is 0 Å². The summed E-state index contributed by atoms with van der Waals surface area (Å²) < 4.78 is 2.58. The number of halogens is 1. The minimum absolute atomic E-state index is 0.137. The zero-order valence-electron chi connectivity index (χ0n) is 14.0. The number of fused-ring (bicyclic) bond motifs is 1. The van der Waals surface area contributed by atoms with Gasteiger partial charge in [-0.1, -0.05) is 12.1 Å². The van der Waals surface area contributed by atoms with Crippen molar-refractivity contribution in [2.75, 3.05) is 0 Å². The predicted molar refractivity (Wildman–Crippen MR) is 104 cm³/mol. The monoisotopic (exact) mass is 409 g/mol. The first-order chi connectivity index (χ1) is 12.6. The summed E-state index contributed by atoms with van der Waals surface area (Å²) >= 11 is 3.43. The van der Waals surface area contributed by atoms with Gasteiger partial charge < -0.3 is 10.3 Å². The van der Waals surface area contributed by atoms with Gasteiger partial charge in [-0.3, -0.25) is 14.5 Å². The first-order valence-corrected chi connectivity index (χ1v) is 8.90. The molecule has 0 atom stereocenters. The summed E-state index contributed by atoms with van der Waals surface area (Å²) in [6.45, 7) is 0.367. The topological polar surface area (TPSA) is 75.6 Å². The average Bonchev–Trinajstić information content (AvgIpc) is 3.25. The van der Waals surface area contributed by atoms with Gasteiger partial charge in [0.1, 0.15) is 0 Å². The summed E-state index contributed by atoms with van der Waals surface area (Å²) in [6, 6.07) is 11.4. The number of nitrogens with one attached hydrogen (secondary N) is 2. The highest BCUT2D eigenvalue weighted by atomic mass is 79.9. The highest BCUT2D eigenvalue weighted by Crippen LogP contribution is 2.26. The van der Waals surface area contributed by atoms with E-state index in [0.717, 1.165) is 32.3 Å². The van der Waals surface area contributed by atoms with E-state index in [1.807, 2.05) is 55.8 Å². The molecule has 0 aliphatic heterocycles. The highest BCUT2D eigenvalue weighted by molar-refractivity contribution is 9.10. The summed E-state index contributed by atoms with van der Waals surface area (Å²) in [6.07, 6.45) is 5.53. The first kappa shape index (κ1) is 16.5. The van der Waals surface area contributed by atoms with Crippen LogP contribution in [0.5, 0.6) is 0 Å². The molecule has 1 aromatic carbocycles. The van der Waals surface area contributed by atoms with Gasteiger partial charge in [0.05, 0.1) is 22.4 Å². The fourth-order valence-corrected chi connectivity index (χ4v) is 3.40. The molecular formula is C19H16BrN5O. The maximum Gasteiger partial charge on any atom is 0.251 e. The van der Waals surface area contributed by atoms with Gasteiger partial charge in [0, 0.05) is 47.7 Å². The SMILES string of the molecule is Cn1cc(Br)c(CNC(=O)c2ccc(-c3nccc4[nH]ccc34)cc2)n1. The molecule has 0 spiro atoms. The summed E-state index contributed by atoms with van der Waals surface area (Å²) in [5, 5.41) is 8.25. The van der Waals surface area contributed by atoms with Crippen LogP contribution in [0.15, 0.2) is 59.5 Å². The molecule has 0 saturated heterocycles. The Morgan fingerprint density at radius 2 is 2.04 bits per heavy atom. The Kier molecular flexibility index (Phi) is 4.30. The lowest BCUT2D eigenvalue weighted by Crippen LogP contribution is -2.23. The molecule has 130 valence electrons. The van der Waals surface area contributed by atoms with Crippen LogP contribution in [0.1, 0.15) is 16.1 Å². The molecule has 7 heteroatoms. The average molecular weight is 410 g/mol. The molecule has 0 aliphatic rings. The number of carbonyl (C=O) groups excluding carboxylic acids is 1. The van der Waals surface area contributed by atoms with E-state index in [4.69, 9.17) is 0 Å². The molecule has 0 fully saturated rings. The van der Waals surface area contributed by atoms with Crippen LogP contribution in [-0.4, -0.2) is 25.7 Å². The molecule has 0 radical (unpaired) electrons. The smallest absolute Gasteiger partial charge is 0.251 e. The summed E-state index contributed by atoms with van der Waals surface area (Å²) in [4.78, 5) is 20.0. The van der Waals surface area contributed by atoms with Crippen molar-refractivity contribution < 1.29 is 4.79 Å². The molecule has 0 aliphatic carbocycles. The van der Waals surface area contributed by atoms with Crippen LogP contribution in [0.2, 0.25) is 0 Å². The number of hydrogen-bond donors (Lipinski definition) is 2. The van der Waals surface area contributed by atoms with E-state index in [9.17, 15) is 4.79 Å². The molecule has 3 heterocycles. The number of benzene rings is 1. The van der Waals surface area contributed by atoms with Gasteiger partial charge in [-0.05, 0) is 40.2 Å². The third-order valence-electron chi connectivity index (χ3n) is 4.17. The third kappa shape index (κ3) is 3.13. The van der Waals surface area contributed by atoms with Crippen molar-refractivity contribution in [2.24, 2.45) is 7.05 Å². The summed E-state index contributed by atoms with van der Waals surface area (Å²) in [5.41, 5.74) is 4.30. The fourth-order valence-electron chi connectivity index (χ4n) is 2.88. The molecule has 2 N–H and O–H groups in total. The maximum atomic E-state index is 12.4. The molecule has 0 saturated carbocycles. The van der Waals surface area contributed by atoms with Crippen LogP contribution in [0.25, 0.3) is 22.2 Å². The lowest BCUT2D eigenvalue weighted by Gasteiger charge is -2.06. The van der Waals surface area contributed by atoms with Crippen LogP contribution < -0.4 is 5.32 Å². The number of aromatic amines is 1. The van der Waals surface area contributed by atoms with Gasteiger partial charge in [-0.25, -0.2) is 0 Å². The molecular weight excluding hydrogens is 394 g/mol. The molecule has 3 aromatic heterocycles. The molecule has 26 heavy (non-hydrogen) atoms. The maximum absolute atomic E-state index is 12.4. The minimum atomic E-state index is -0.137. The van der Waals surface area contributed by atoms with E-state index in [-0.39, 0.29) is 5.91 Å². The van der Waals surface area contributed by atoms with Crippen LogP contribution in [0.3, 0.4) is 0 Å². The Morgan fingerprint density at radius 1 is 1.23 bits per heavy atom. The Bertz CT molecular complexity index is 1080. The number of amides is 1. The van der Waals surface area contributed by atoms with E-state index >= 15 is 0 Å². The zero-order valence-corrected chi connectivity index (χ0v) is 15.6. The normalized spacial score (nSPS) is 11.0. The minimum Gasteiger partial charge on any atom is -0.361 e. The van der Waals surface area contributed by atoms with Crippen molar-refractivity contribution in [3.05, 3.63) is 70.7 Å². The summed E-state index contributed by atoms with van der Waals surface area (Å²) in [7, 11) is 1.84. The number of H-pyrrole nitrogens is 1. The molecule has 4 aromatic rings. The van der Waals surface area contributed by atoms with Crippen LogP contribution >= 0.6 is 15.9 Å². The number of pyridine rings is 1. The lowest BCUT2D eigenvalue weighted by molar-refractivity contribution is 0.0950. The van der Waals surface area contributed by atoms with E-state index in [0.29, 0.717) is 12.1 Å². The fraction of sp³-hybridized carbons (Fsp3) is 0.105. The Balaban J connectivity index is 1.51. The second-order valence-electron chi connectivity index (χ2n) is 5.96. The van der Waals surface area contributed by atoms with Gasteiger partial charge in [0.15, 0.2) is 0 Å². The number of rotatable bonds is 4. The van der Waals surface area contributed by atoms with Gasteiger partial charge in [0.25, 0.3) is 5.91 Å². The number of carbonyl (C=O) groups is 1. The molecule has 1 amide bonds. The van der Waals surface area contributed by atoms with Gasteiger partial charge in [0.2, 0.25) is 0 Å². The number of hydrogen-bond acceptors (Lipinski definition) is 3. The first-order valence-electron chi connectivity index (χ1n) is 8.10. The second-order valence-corrected chi connectivity index (χ2v) is 6.81. The van der Waals surface area contributed by atoms with Crippen LogP contribution in [0, 0.1) is 0 Å². The highest BCUT2D eigenvalue weighted by Gasteiger charge is 2.11. The van der Waals surface area contributed by atoms with Gasteiger partial charge in [-0.2, -0.15) is 5.10 Å². The standard InChI is InChI=1S/C19H16BrN5O/c1-25-11-15(20)17(24-25)10-23-19(26)13-4-2-12(3-5-13)18-14-6-8-21-16(14)7-9-22-18/h2-9,11,21H,10H2,1H3,(H,23,26). The van der Waals surface area contributed by atoms with E-state index in [2.05, 4.69) is 36.3 Å². The van der Waals surface area contributed by atoms with Crippen molar-refractivity contribution in [2.45, 2.75) is 6.54 Å². The largest absolute Gasteiger partial charge is 0.361 e. The van der Waals surface area contributed by atoms with Crippen molar-refractivity contribution >= 4 is 32.7 Å². The Hall–Kier alpha value is -2.93.